The molecule has 1 amide bonds. The molecule has 0 aromatic heterocycles. The zero-order valence-corrected chi connectivity index (χ0v) is 10.2. The molecule has 2 rings (SSSR count). The highest BCUT2D eigenvalue weighted by Crippen LogP contribution is 2.36. The number of anilines is 1. The number of likely N-dealkylation sites (N-methyl/N-ethyl adjacent to an activating group) is 1. The molecule has 0 atom stereocenters. The number of fused-ring (bicyclic) bond motifs is 1. The van der Waals surface area contributed by atoms with Gasteiger partial charge in [-0.15, -0.1) is 0 Å². The maximum Gasteiger partial charge on any atom is 0.256 e. The van der Waals surface area contributed by atoms with E-state index in [0.717, 1.165) is 0 Å². The molecule has 1 aromatic rings. The zero-order chi connectivity index (χ0) is 13.1. The van der Waals surface area contributed by atoms with Crippen molar-refractivity contribution in [3.05, 3.63) is 17.7 Å². The Kier molecular flexibility index (Phi) is 3.57. The van der Waals surface area contributed by atoms with Crippen molar-refractivity contribution < 1.29 is 19.4 Å². The Labute approximate surface area is 105 Å². The average Bonchev–Trinajstić information content (AvgIpc) is 2.81. The van der Waals surface area contributed by atoms with Crippen LogP contribution in [-0.2, 0) is 0 Å². The second-order valence-corrected chi connectivity index (χ2v) is 3.90. The number of hydrogen-bond donors (Lipinski definition) is 2. The molecule has 1 aliphatic heterocycles. The van der Waals surface area contributed by atoms with E-state index in [9.17, 15) is 4.79 Å². The van der Waals surface area contributed by atoms with Crippen molar-refractivity contribution in [2.75, 3.05) is 32.2 Å². The van der Waals surface area contributed by atoms with Crippen molar-refractivity contribution in [2.45, 2.75) is 6.92 Å². The summed E-state index contributed by atoms with van der Waals surface area (Å²) in [6, 6.07) is 3.17. The maximum absolute atomic E-state index is 12.2. The van der Waals surface area contributed by atoms with Gasteiger partial charge >= 0.3 is 0 Å². The summed E-state index contributed by atoms with van der Waals surface area (Å²) in [6.07, 6.45) is 0. The normalized spacial score (nSPS) is 12.6. The predicted octanol–water partition coefficient (Wildman–Crippen LogP) is 0.452. The zero-order valence-electron chi connectivity index (χ0n) is 10.2. The monoisotopic (exact) mass is 252 g/mol. The Bertz CT molecular complexity index is 462. The molecule has 6 heteroatoms. The molecule has 98 valence electrons. The SMILES string of the molecule is CCN(CCO)C(=O)c1cc2c(cc1N)OCO2. The highest BCUT2D eigenvalue weighted by atomic mass is 16.7. The molecule has 0 fully saturated rings. The summed E-state index contributed by atoms with van der Waals surface area (Å²) in [5.74, 6) is 0.851. The van der Waals surface area contributed by atoms with Crippen LogP contribution in [0.3, 0.4) is 0 Å². The number of hydrogen-bond acceptors (Lipinski definition) is 5. The minimum atomic E-state index is -0.220. The van der Waals surface area contributed by atoms with Gasteiger partial charge in [0.25, 0.3) is 5.91 Å². The Hall–Kier alpha value is -1.95. The third kappa shape index (κ3) is 2.19. The molecule has 1 heterocycles. The van der Waals surface area contributed by atoms with Crippen molar-refractivity contribution in [1.29, 1.82) is 0 Å². The van der Waals surface area contributed by atoms with Crippen LogP contribution in [0.25, 0.3) is 0 Å². The van der Waals surface area contributed by atoms with Gasteiger partial charge in [-0.3, -0.25) is 4.79 Å². The van der Waals surface area contributed by atoms with Crippen LogP contribution in [0.1, 0.15) is 17.3 Å². The van der Waals surface area contributed by atoms with E-state index < -0.39 is 0 Å². The Balaban J connectivity index is 2.30. The summed E-state index contributed by atoms with van der Waals surface area (Å²) in [7, 11) is 0. The minimum absolute atomic E-state index is 0.0793. The number of aliphatic hydroxyl groups excluding tert-OH is 1. The largest absolute Gasteiger partial charge is 0.454 e. The summed E-state index contributed by atoms with van der Waals surface area (Å²) in [5, 5.41) is 8.92. The van der Waals surface area contributed by atoms with E-state index in [1.165, 1.54) is 4.90 Å². The lowest BCUT2D eigenvalue weighted by Gasteiger charge is -2.20. The Morgan fingerprint density at radius 1 is 1.44 bits per heavy atom. The van der Waals surface area contributed by atoms with Gasteiger partial charge in [0.15, 0.2) is 11.5 Å². The molecule has 0 saturated carbocycles. The number of carbonyl (C=O) groups excluding carboxylic acids is 1. The fraction of sp³-hybridized carbons (Fsp3) is 0.417. The molecular weight excluding hydrogens is 236 g/mol. The molecule has 0 bridgehead atoms. The second kappa shape index (κ2) is 5.14. The summed E-state index contributed by atoms with van der Waals surface area (Å²) in [4.78, 5) is 13.7. The number of aliphatic hydroxyl groups is 1. The van der Waals surface area contributed by atoms with Crippen molar-refractivity contribution >= 4 is 11.6 Å². The number of amides is 1. The summed E-state index contributed by atoms with van der Waals surface area (Å²) in [6.45, 7) is 2.69. The van der Waals surface area contributed by atoms with E-state index in [-0.39, 0.29) is 25.9 Å². The van der Waals surface area contributed by atoms with Crippen molar-refractivity contribution in [3.8, 4) is 11.5 Å². The molecule has 18 heavy (non-hydrogen) atoms. The Morgan fingerprint density at radius 2 is 2.11 bits per heavy atom. The van der Waals surface area contributed by atoms with Gasteiger partial charge in [-0.05, 0) is 13.0 Å². The van der Waals surface area contributed by atoms with E-state index in [4.69, 9.17) is 20.3 Å². The fourth-order valence-corrected chi connectivity index (χ4v) is 1.84. The fourth-order valence-electron chi connectivity index (χ4n) is 1.84. The molecule has 0 aliphatic carbocycles. The van der Waals surface area contributed by atoms with Crippen LogP contribution in [0.4, 0.5) is 5.69 Å². The van der Waals surface area contributed by atoms with Crippen LogP contribution in [0, 0.1) is 0 Å². The van der Waals surface area contributed by atoms with Gasteiger partial charge in [0, 0.05) is 24.8 Å². The standard InChI is InChI=1S/C12H16N2O4/c1-2-14(3-4-15)12(16)8-5-10-11(6-9(8)13)18-7-17-10/h5-6,15H,2-4,7,13H2,1H3. The third-order valence-corrected chi connectivity index (χ3v) is 2.81. The molecule has 3 N–H and O–H groups in total. The van der Waals surface area contributed by atoms with Crippen LogP contribution < -0.4 is 15.2 Å². The molecule has 6 nitrogen and oxygen atoms in total. The molecule has 0 saturated heterocycles. The van der Waals surface area contributed by atoms with Gasteiger partial charge in [0.1, 0.15) is 0 Å². The molecule has 1 aliphatic rings. The number of rotatable bonds is 4. The lowest BCUT2D eigenvalue weighted by molar-refractivity contribution is 0.0732. The first-order valence-electron chi connectivity index (χ1n) is 5.76. The maximum atomic E-state index is 12.2. The second-order valence-electron chi connectivity index (χ2n) is 3.90. The first kappa shape index (κ1) is 12.5. The molecule has 0 unspecified atom stereocenters. The van der Waals surface area contributed by atoms with Gasteiger partial charge in [0.2, 0.25) is 6.79 Å². The van der Waals surface area contributed by atoms with Gasteiger partial charge in [-0.1, -0.05) is 0 Å². The van der Waals surface area contributed by atoms with Crippen LogP contribution >= 0.6 is 0 Å². The van der Waals surface area contributed by atoms with E-state index >= 15 is 0 Å². The number of carbonyl (C=O) groups is 1. The summed E-state index contributed by atoms with van der Waals surface area (Å²) >= 11 is 0. The number of nitrogens with two attached hydrogens (primary N) is 1. The van der Waals surface area contributed by atoms with Gasteiger partial charge in [-0.25, -0.2) is 0 Å². The quantitative estimate of drug-likeness (QED) is 0.760. The molecular formula is C12H16N2O4. The van der Waals surface area contributed by atoms with E-state index in [0.29, 0.717) is 29.3 Å². The van der Waals surface area contributed by atoms with Gasteiger partial charge in [-0.2, -0.15) is 0 Å². The molecule has 0 spiro atoms. The lowest BCUT2D eigenvalue weighted by atomic mass is 10.1. The Morgan fingerprint density at radius 3 is 2.72 bits per heavy atom. The number of nitrogens with zero attached hydrogens (tertiary/aromatic N) is 1. The van der Waals surface area contributed by atoms with Crippen LogP contribution in [0.5, 0.6) is 11.5 Å². The predicted molar refractivity (Wildman–Crippen MR) is 65.6 cm³/mol. The first-order chi connectivity index (χ1) is 8.67. The first-order valence-corrected chi connectivity index (χ1v) is 5.76. The average molecular weight is 252 g/mol. The topological polar surface area (TPSA) is 85.0 Å². The van der Waals surface area contributed by atoms with Crippen LogP contribution in [-0.4, -0.2) is 42.4 Å². The number of ether oxygens (including phenoxy) is 2. The number of nitrogen functional groups attached to an aromatic ring is 1. The third-order valence-electron chi connectivity index (χ3n) is 2.81. The molecule has 1 aromatic carbocycles. The highest BCUT2D eigenvalue weighted by molar-refractivity contribution is 6.00. The van der Waals surface area contributed by atoms with Crippen molar-refractivity contribution in [2.24, 2.45) is 0 Å². The summed E-state index contributed by atoms with van der Waals surface area (Å²) in [5.41, 5.74) is 6.56. The highest BCUT2D eigenvalue weighted by Gasteiger charge is 2.22. The van der Waals surface area contributed by atoms with E-state index in [1.54, 1.807) is 12.1 Å². The number of benzene rings is 1. The van der Waals surface area contributed by atoms with Gasteiger partial charge in [0.05, 0.1) is 12.2 Å². The minimum Gasteiger partial charge on any atom is -0.454 e. The van der Waals surface area contributed by atoms with Crippen molar-refractivity contribution in [1.82, 2.24) is 4.90 Å². The van der Waals surface area contributed by atoms with E-state index in [2.05, 4.69) is 0 Å². The smallest absolute Gasteiger partial charge is 0.256 e. The van der Waals surface area contributed by atoms with Crippen molar-refractivity contribution in [3.63, 3.8) is 0 Å². The molecule has 0 radical (unpaired) electrons. The van der Waals surface area contributed by atoms with E-state index in [1.807, 2.05) is 6.92 Å². The van der Waals surface area contributed by atoms with Gasteiger partial charge < -0.3 is 25.2 Å². The summed E-state index contributed by atoms with van der Waals surface area (Å²) < 4.78 is 10.4. The van der Waals surface area contributed by atoms with Crippen LogP contribution in [0.15, 0.2) is 12.1 Å². The van der Waals surface area contributed by atoms with Crippen LogP contribution in [0.2, 0.25) is 0 Å². The lowest BCUT2D eigenvalue weighted by Crippen LogP contribution is -2.33.